The molecule has 3 saturated heterocycles. The SMILES string of the molecule is C=CCN(C)C(=O)[C@H]1[C@H]2C(=O)N(CCCCO)C(C(=O)N(CC=C)C3CCCCC3)C23CC[C@]1(CC)O3. The maximum absolute atomic E-state index is 14.5. The second-order valence-corrected chi connectivity index (χ2v) is 11.4. The van der Waals surface area contributed by atoms with Crippen LogP contribution in [0.5, 0.6) is 0 Å². The van der Waals surface area contributed by atoms with Crippen molar-refractivity contribution in [2.24, 2.45) is 11.8 Å². The number of aliphatic hydroxyl groups is 1. The molecule has 1 N–H and O–H groups in total. The van der Waals surface area contributed by atoms with E-state index in [9.17, 15) is 19.5 Å². The number of hydrogen-bond donors (Lipinski definition) is 1. The Bertz CT molecular complexity index is 902. The molecule has 3 heterocycles. The van der Waals surface area contributed by atoms with Crippen molar-refractivity contribution in [2.45, 2.75) is 94.4 Å². The highest BCUT2D eigenvalue weighted by atomic mass is 16.5. The van der Waals surface area contributed by atoms with Crippen molar-refractivity contribution in [3.63, 3.8) is 0 Å². The van der Waals surface area contributed by atoms with Crippen molar-refractivity contribution in [3.8, 4) is 0 Å². The fraction of sp³-hybridized carbons (Fsp3) is 0.759. The fourth-order valence-electron chi connectivity index (χ4n) is 7.64. The van der Waals surface area contributed by atoms with E-state index in [2.05, 4.69) is 13.2 Å². The molecule has 1 aliphatic carbocycles. The summed E-state index contributed by atoms with van der Waals surface area (Å²) in [5.41, 5.74) is -1.75. The molecule has 3 aliphatic heterocycles. The molecule has 0 aromatic rings. The second kappa shape index (κ2) is 11.3. The third-order valence-corrected chi connectivity index (χ3v) is 9.39. The van der Waals surface area contributed by atoms with E-state index in [4.69, 9.17) is 4.74 Å². The Labute approximate surface area is 221 Å². The lowest BCUT2D eigenvalue weighted by Gasteiger charge is -2.40. The molecule has 0 radical (unpaired) electrons. The molecule has 4 fully saturated rings. The normalized spacial score (nSPS) is 32.9. The van der Waals surface area contributed by atoms with E-state index in [0.717, 1.165) is 25.7 Å². The zero-order chi connectivity index (χ0) is 26.8. The topological polar surface area (TPSA) is 90.4 Å². The van der Waals surface area contributed by atoms with Crippen LogP contribution in [0.25, 0.3) is 0 Å². The number of hydrogen-bond acceptors (Lipinski definition) is 5. The number of nitrogens with zero attached hydrogens (tertiary/aromatic N) is 3. The summed E-state index contributed by atoms with van der Waals surface area (Å²) in [5.74, 6) is -1.64. The third kappa shape index (κ3) is 4.54. The van der Waals surface area contributed by atoms with Gasteiger partial charge in [0.05, 0.1) is 17.4 Å². The fourth-order valence-corrected chi connectivity index (χ4v) is 7.64. The molecule has 0 aromatic heterocycles. The Morgan fingerprint density at radius 3 is 2.43 bits per heavy atom. The minimum atomic E-state index is -1.01. The highest BCUT2D eigenvalue weighted by molar-refractivity contribution is 5.99. The van der Waals surface area contributed by atoms with Crippen LogP contribution >= 0.6 is 0 Å². The van der Waals surface area contributed by atoms with Crippen molar-refractivity contribution in [1.29, 1.82) is 0 Å². The van der Waals surface area contributed by atoms with Crippen LogP contribution in [-0.4, -0.2) is 94.1 Å². The maximum Gasteiger partial charge on any atom is 0.248 e. The number of fused-ring (bicyclic) bond motifs is 1. The summed E-state index contributed by atoms with van der Waals surface area (Å²) in [4.78, 5) is 47.7. The van der Waals surface area contributed by atoms with E-state index in [1.165, 1.54) is 6.42 Å². The number of rotatable bonds is 12. The molecular weight excluding hydrogens is 470 g/mol. The first-order valence-corrected chi connectivity index (χ1v) is 14.2. The molecule has 3 amide bonds. The standard InChI is InChI=1S/C29H45N3O5/c1-5-17-30(4)25(34)22-23-26(35)32(19-11-12-20-33)24(29(23)16-15-28(22,7-3)37-29)27(36)31(18-6-2)21-13-9-8-10-14-21/h5-6,21-24,33H,1-2,7-20H2,3-4H3/t22-,23+,24?,28+,29?/m1/s1. The third-order valence-electron chi connectivity index (χ3n) is 9.39. The molecule has 1 spiro atoms. The van der Waals surface area contributed by atoms with Gasteiger partial charge in [-0.25, -0.2) is 0 Å². The molecule has 2 unspecified atom stereocenters. The zero-order valence-corrected chi connectivity index (χ0v) is 22.7. The smallest absolute Gasteiger partial charge is 0.248 e. The average Bonchev–Trinajstić information content (AvgIpc) is 3.51. The Morgan fingerprint density at radius 1 is 1.11 bits per heavy atom. The number of carbonyl (C=O) groups excluding carboxylic acids is 3. The Kier molecular flexibility index (Phi) is 8.48. The van der Waals surface area contributed by atoms with Gasteiger partial charge in [0.2, 0.25) is 17.7 Å². The number of likely N-dealkylation sites (tertiary alicyclic amines) is 1. The molecule has 4 rings (SSSR count). The first-order valence-electron chi connectivity index (χ1n) is 14.2. The number of carbonyl (C=O) groups is 3. The largest absolute Gasteiger partial charge is 0.396 e. The molecule has 37 heavy (non-hydrogen) atoms. The van der Waals surface area contributed by atoms with Gasteiger partial charge in [-0.3, -0.25) is 14.4 Å². The first-order chi connectivity index (χ1) is 17.8. The van der Waals surface area contributed by atoms with E-state index in [1.54, 1.807) is 29.0 Å². The van der Waals surface area contributed by atoms with Gasteiger partial charge in [-0.2, -0.15) is 0 Å². The second-order valence-electron chi connectivity index (χ2n) is 11.4. The van der Waals surface area contributed by atoms with Crippen LogP contribution in [0.15, 0.2) is 25.3 Å². The lowest BCUT2D eigenvalue weighted by Crippen LogP contribution is -2.58. The molecular formula is C29H45N3O5. The Hall–Kier alpha value is -2.19. The summed E-state index contributed by atoms with van der Waals surface area (Å²) >= 11 is 0. The summed E-state index contributed by atoms with van der Waals surface area (Å²) in [6, 6.07) is -0.638. The molecule has 206 valence electrons. The van der Waals surface area contributed by atoms with Crippen molar-refractivity contribution in [2.75, 3.05) is 33.3 Å². The minimum absolute atomic E-state index is 0.0305. The van der Waals surface area contributed by atoms with Gasteiger partial charge in [0.15, 0.2) is 0 Å². The van der Waals surface area contributed by atoms with Crippen LogP contribution in [0.4, 0.5) is 0 Å². The summed E-state index contributed by atoms with van der Waals surface area (Å²) in [6.45, 7) is 10.9. The predicted octanol–water partition coefficient (Wildman–Crippen LogP) is 2.91. The van der Waals surface area contributed by atoms with E-state index < -0.39 is 29.1 Å². The average molecular weight is 516 g/mol. The highest BCUT2D eigenvalue weighted by Crippen LogP contribution is 2.64. The highest BCUT2D eigenvalue weighted by Gasteiger charge is 2.79. The van der Waals surface area contributed by atoms with Gasteiger partial charge >= 0.3 is 0 Å². The number of likely N-dealkylation sites (N-methyl/N-ethyl adjacent to an activating group) is 1. The van der Waals surface area contributed by atoms with Crippen LogP contribution in [0.2, 0.25) is 0 Å². The predicted molar refractivity (Wildman–Crippen MR) is 141 cm³/mol. The van der Waals surface area contributed by atoms with Gasteiger partial charge in [0.1, 0.15) is 11.6 Å². The van der Waals surface area contributed by atoms with Gasteiger partial charge in [-0.1, -0.05) is 38.3 Å². The van der Waals surface area contributed by atoms with E-state index in [1.807, 2.05) is 11.8 Å². The number of ether oxygens (including phenoxy) is 1. The van der Waals surface area contributed by atoms with Crippen molar-refractivity contribution in [1.82, 2.24) is 14.7 Å². The quantitative estimate of drug-likeness (QED) is 0.319. The molecule has 5 atom stereocenters. The monoisotopic (exact) mass is 515 g/mol. The van der Waals surface area contributed by atoms with Gasteiger partial charge < -0.3 is 24.5 Å². The molecule has 2 bridgehead atoms. The Balaban J connectivity index is 1.76. The summed E-state index contributed by atoms with van der Waals surface area (Å²) in [6.07, 6.45) is 11.7. The van der Waals surface area contributed by atoms with Crippen LogP contribution in [0.1, 0.15) is 71.1 Å². The summed E-state index contributed by atoms with van der Waals surface area (Å²) in [5, 5.41) is 9.39. The van der Waals surface area contributed by atoms with E-state index in [0.29, 0.717) is 51.7 Å². The van der Waals surface area contributed by atoms with Crippen molar-refractivity contribution in [3.05, 3.63) is 25.3 Å². The van der Waals surface area contributed by atoms with Crippen LogP contribution in [0.3, 0.4) is 0 Å². The number of aliphatic hydroxyl groups excluding tert-OH is 1. The number of amides is 3. The lowest BCUT2D eigenvalue weighted by atomic mass is 9.64. The van der Waals surface area contributed by atoms with E-state index in [-0.39, 0.29) is 30.4 Å². The number of unbranched alkanes of at least 4 members (excludes halogenated alkanes) is 1. The van der Waals surface area contributed by atoms with Gasteiger partial charge in [0.25, 0.3) is 0 Å². The van der Waals surface area contributed by atoms with Crippen molar-refractivity contribution >= 4 is 17.7 Å². The van der Waals surface area contributed by atoms with E-state index >= 15 is 0 Å². The lowest BCUT2D eigenvalue weighted by molar-refractivity contribution is -0.156. The molecule has 0 aromatic carbocycles. The maximum atomic E-state index is 14.5. The zero-order valence-electron chi connectivity index (χ0n) is 22.7. The van der Waals surface area contributed by atoms with Crippen LogP contribution in [-0.2, 0) is 19.1 Å². The Morgan fingerprint density at radius 2 is 1.81 bits per heavy atom. The van der Waals surface area contributed by atoms with Gasteiger partial charge in [0, 0.05) is 39.3 Å². The molecule has 8 nitrogen and oxygen atoms in total. The van der Waals surface area contributed by atoms with Gasteiger partial charge in [-0.15, -0.1) is 13.2 Å². The molecule has 1 saturated carbocycles. The first kappa shape index (κ1) is 27.8. The van der Waals surface area contributed by atoms with Crippen molar-refractivity contribution < 1.29 is 24.2 Å². The van der Waals surface area contributed by atoms with Crippen LogP contribution in [0, 0.1) is 11.8 Å². The van der Waals surface area contributed by atoms with Crippen LogP contribution < -0.4 is 0 Å². The molecule has 4 aliphatic rings. The summed E-state index contributed by atoms with van der Waals surface area (Å²) in [7, 11) is 1.74. The summed E-state index contributed by atoms with van der Waals surface area (Å²) < 4.78 is 6.88. The molecule has 8 heteroatoms. The van der Waals surface area contributed by atoms with Gasteiger partial charge in [-0.05, 0) is 44.9 Å². The minimum Gasteiger partial charge on any atom is -0.396 e.